The van der Waals surface area contributed by atoms with Crippen LogP contribution in [0, 0.1) is 11.8 Å². The van der Waals surface area contributed by atoms with Gasteiger partial charge in [-0.15, -0.1) is 0 Å². The van der Waals surface area contributed by atoms with Gasteiger partial charge in [-0.05, 0) is 70.6 Å². The number of Topliss-reactive ketones (excluding diaryl/α,β-unsaturated/α-hetero) is 1. The molecule has 204 valence electrons. The van der Waals surface area contributed by atoms with E-state index in [-0.39, 0.29) is 41.4 Å². The highest BCUT2D eigenvalue weighted by Crippen LogP contribution is 2.32. The van der Waals surface area contributed by atoms with Gasteiger partial charge in [0.15, 0.2) is 30.5 Å². The van der Waals surface area contributed by atoms with Crippen LogP contribution in [-0.2, 0) is 23.9 Å². The van der Waals surface area contributed by atoms with Gasteiger partial charge in [0.05, 0.1) is 6.54 Å². The molecule has 0 saturated heterocycles. The third-order valence-corrected chi connectivity index (χ3v) is 5.72. The average Bonchev–Trinajstić information content (AvgIpc) is 2.83. The number of carbonyl (C=O) groups excluding carboxylic acids is 3. The lowest BCUT2D eigenvalue weighted by atomic mass is 9.78. The number of carboxylic acid groups (broad SMARTS) is 2. The lowest BCUT2D eigenvalue weighted by Crippen LogP contribution is -2.45. The smallest absolute Gasteiger partial charge is 0.341 e. The van der Waals surface area contributed by atoms with Crippen molar-refractivity contribution in [1.82, 2.24) is 5.32 Å². The number of aliphatic carboxylic acids is 2. The van der Waals surface area contributed by atoms with E-state index in [1.807, 2.05) is 0 Å². The normalized spacial score (nSPS) is 18.3. The van der Waals surface area contributed by atoms with Crippen LogP contribution in [-0.4, -0.2) is 71.2 Å². The maximum absolute atomic E-state index is 12.6. The van der Waals surface area contributed by atoms with Crippen molar-refractivity contribution in [2.24, 2.45) is 17.6 Å². The number of nitrogens with two attached hydrogens (primary N) is 1. The maximum Gasteiger partial charge on any atom is 0.341 e. The van der Waals surface area contributed by atoms with Gasteiger partial charge in [0.25, 0.3) is 0 Å². The minimum Gasteiger partial charge on any atom is -0.479 e. The van der Waals surface area contributed by atoms with E-state index in [1.54, 1.807) is 20.8 Å². The van der Waals surface area contributed by atoms with Crippen molar-refractivity contribution in [3.8, 4) is 11.5 Å². The quantitative estimate of drug-likeness (QED) is 0.229. The Labute approximate surface area is 214 Å². The van der Waals surface area contributed by atoms with Crippen LogP contribution in [0.15, 0.2) is 18.2 Å². The average molecular weight is 523 g/mol. The molecule has 0 spiro atoms. The Hall–Kier alpha value is -3.67. The van der Waals surface area contributed by atoms with Crippen molar-refractivity contribution >= 4 is 29.6 Å². The summed E-state index contributed by atoms with van der Waals surface area (Å²) in [7, 11) is 0. The number of ketones is 1. The zero-order valence-electron chi connectivity index (χ0n) is 21.2. The number of carbonyl (C=O) groups is 5. The summed E-state index contributed by atoms with van der Waals surface area (Å²) in [6, 6.07) is 3.13. The van der Waals surface area contributed by atoms with Crippen molar-refractivity contribution in [1.29, 1.82) is 0 Å². The van der Waals surface area contributed by atoms with Gasteiger partial charge in [0.2, 0.25) is 5.91 Å². The Balaban J connectivity index is 1.91. The van der Waals surface area contributed by atoms with E-state index in [0.717, 1.165) is 0 Å². The van der Waals surface area contributed by atoms with E-state index in [0.29, 0.717) is 25.7 Å². The molecular formula is C25H34N2O10. The summed E-state index contributed by atoms with van der Waals surface area (Å²) in [6.45, 7) is 3.60. The largest absolute Gasteiger partial charge is 0.479 e. The summed E-state index contributed by atoms with van der Waals surface area (Å²) in [6.07, 6.45) is 2.19. The van der Waals surface area contributed by atoms with Gasteiger partial charge < -0.3 is 35.5 Å². The van der Waals surface area contributed by atoms with E-state index in [1.165, 1.54) is 18.2 Å². The minimum absolute atomic E-state index is 0.0365. The van der Waals surface area contributed by atoms with E-state index in [4.69, 9.17) is 30.2 Å². The van der Waals surface area contributed by atoms with Crippen LogP contribution >= 0.6 is 0 Å². The molecule has 12 heteroatoms. The van der Waals surface area contributed by atoms with Gasteiger partial charge in [-0.2, -0.15) is 0 Å². The number of hydrogen-bond donors (Lipinski definition) is 4. The van der Waals surface area contributed by atoms with Crippen LogP contribution in [0.4, 0.5) is 0 Å². The fraction of sp³-hybridized carbons (Fsp3) is 0.560. The molecule has 1 aromatic rings. The Morgan fingerprint density at radius 1 is 0.973 bits per heavy atom. The first kappa shape index (κ1) is 29.6. The summed E-state index contributed by atoms with van der Waals surface area (Å²) in [4.78, 5) is 59.1. The Morgan fingerprint density at radius 3 is 2.08 bits per heavy atom. The number of rotatable bonds is 12. The van der Waals surface area contributed by atoms with Crippen molar-refractivity contribution in [2.75, 3.05) is 19.8 Å². The highest BCUT2D eigenvalue weighted by molar-refractivity contribution is 6.00. The van der Waals surface area contributed by atoms with E-state index >= 15 is 0 Å². The molecular weight excluding hydrogens is 488 g/mol. The summed E-state index contributed by atoms with van der Waals surface area (Å²) < 4.78 is 15.5. The zero-order valence-corrected chi connectivity index (χ0v) is 21.2. The van der Waals surface area contributed by atoms with Crippen molar-refractivity contribution < 1.29 is 48.4 Å². The summed E-state index contributed by atoms with van der Waals surface area (Å²) in [5, 5.41) is 20.2. The molecule has 1 saturated carbocycles. The lowest BCUT2D eigenvalue weighted by Gasteiger charge is -2.32. The molecule has 0 aromatic heterocycles. The number of hydrogen-bond acceptors (Lipinski definition) is 9. The molecule has 1 fully saturated rings. The van der Waals surface area contributed by atoms with E-state index < -0.39 is 48.5 Å². The number of benzene rings is 1. The van der Waals surface area contributed by atoms with Gasteiger partial charge in [-0.3, -0.25) is 14.4 Å². The molecule has 0 bridgehead atoms. The first-order chi connectivity index (χ1) is 17.3. The number of amides is 1. The molecule has 5 N–H and O–H groups in total. The topological polar surface area (TPSA) is 192 Å². The van der Waals surface area contributed by atoms with Crippen LogP contribution in [0.3, 0.4) is 0 Å². The summed E-state index contributed by atoms with van der Waals surface area (Å²) >= 11 is 0. The van der Waals surface area contributed by atoms with Gasteiger partial charge in [-0.25, -0.2) is 9.59 Å². The molecule has 1 aliphatic rings. The molecule has 1 amide bonds. The molecule has 1 atom stereocenters. The standard InChI is InChI=1S/C25H34N2O10/c1-25(2,3)37-24(34)22(26)14-4-6-15(7-5-14)23(33)27-11-17(28)16-8-9-18(35-12-20(29)30)19(10-16)36-13-21(31)32/h8-10,14-15,22H,4-7,11-13,26H2,1-3H3,(H,27,33)(H,29,30)(H,31,32)/t14-,15-,22?. The first-order valence-electron chi connectivity index (χ1n) is 11.9. The number of carboxylic acids is 2. The molecule has 0 radical (unpaired) electrons. The Morgan fingerprint density at radius 2 is 1.54 bits per heavy atom. The van der Waals surface area contributed by atoms with Crippen LogP contribution in [0.5, 0.6) is 11.5 Å². The number of esters is 1. The highest BCUT2D eigenvalue weighted by atomic mass is 16.6. The molecule has 1 aliphatic carbocycles. The van der Waals surface area contributed by atoms with E-state index in [2.05, 4.69) is 5.32 Å². The number of ether oxygens (including phenoxy) is 3. The Bertz CT molecular complexity index is 1010. The minimum atomic E-state index is -1.27. The molecule has 1 unspecified atom stereocenters. The SMILES string of the molecule is CC(C)(C)OC(=O)C(N)[C@H]1CC[C@H](C(=O)NCC(=O)c2ccc(OCC(=O)O)c(OCC(=O)O)c2)CC1. The zero-order chi connectivity index (χ0) is 27.8. The summed E-state index contributed by atoms with van der Waals surface area (Å²) in [5.74, 6) is -4.28. The molecule has 0 aliphatic heterocycles. The predicted octanol–water partition coefficient (Wildman–Crippen LogP) is 1.39. The van der Waals surface area contributed by atoms with Gasteiger partial charge in [0, 0.05) is 11.5 Å². The van der Waals surface area contributed by atoms with Crippen LogP contribution in [0.1, 0.15) is 56.8 Å². The van der Waals surface area contributed by atoms with Crippen molar-refractivity contribution in [3.63, 3.8) is 0 Å². The van der Waals surface area contributed by atoms with Gasteiger partial charge >= 0.3 is 17.9 Å². The molecule has 1 aromatic carbocycles. The van der Waals surface area contributed by atoms with E-state index in [9.17, 15) is 24.0 Å². The fourth-order valence-corrected chi connectivity index (χ4v) is 3.91. The third-order valence-electron chi connectivity index (χ3n) is 5.72. The monoisotopic (exact) mass is 522 g/mol. The molecule has 12 nitrogen and oxygen atoms in total. The van der Waals surface area contributed by atoms with Crippen molar-refractivity contribution in [3.05, 3.63) is 23.8 Å². The third kappa shape index (κ3) is 9.71. The molecule has 0 heterocycles. The molecule has 37 heavy (non-hydrogen) atoms. The second kappa shape index (κ2) is 13.0. The fourth-order valence-electron chi connectivity index (χ4n) is 3.91. The van der Waals surface area contributed by atoms with Gasteiger partial charge in [-0.1, -0.05) is 0 Å². The number of nitrogens with one attached hydrogen (secondary N) is 1. The molecule has 2 rings (SSSR count). The van der Waals surface area contributed by atoms with Crippen molar-refractivity contribution in [2.45, 2.75) is 58.1 Å². The van der Waals surface area contributed by atoms with Crippen LogP contribution in [0.25, 0.3) is 0 Å². The first-order valence-corrected chi connectivity index (χ1v) is 11.9. The van der Waals surface area contributed by atoms with Crippen LogP contribution < -0.4 is 20.5 Å². The van der Waals surface area contributed by atoms with Crippen LogP contribution in [0.2, 0.25) is 0 Å². The lowest BCUT2D eigenvalue weighted by molar-refractivity contribution is -0.158. The second-order valence-corrected chi connectivity index (χ2v) is 9.84. The second-order valence-electron chi connectivity index (χ2n) is 9.84. The Kier molecular flexibility index (Phi) is 10.4. The van der Waals surface area contributed by atoms with Gasteiger partial charge in [0.1, 0.15) is 11.6 Å². The summed E-state index contributed by atoms with van der Waals surface area (Å²) in [5.41, 5.74) is 5.57. The highest BCUT2D eigenvalue weighted by Gasteiger charge is 2.34. The maximum atomic E-state index is 12.6. The predicted molar refractivity (Wildman–Crippen MR) is 129 cm³/mol.